The van der Waals surface area contributed by atoms with Crippen LogP contribution in [0, 0.1) is 5.92 Å². The van der Waals surface area contributed by atoms with Crippen molar-refractivity contribution in [3.05, 3.63) is 11.2 Å². The summed E-state index contributed by atoms with van der Waals surface area (Å²) in [4.78, 5) is 10.0. The first-order valence-corrected chi connectivity index (χ1v) is 6.27. The van der Waals surface area contributed by atoms with Gasteiger partial charge in [0, 0.05) is 7.05 Å². The molecule has 0 saturated carbocycles. The number of ether oxygens (including phenoxy) is 1. The zero-order valence-electron chi connectivity index (χ0n) is 11.2. The van der Waals surface area contributed by atoms with Crippen molar-refractivity contribution in [1.29, 1.82) is 0 Å². The van der Waals surface area contributed by atoms with Gasteiger partial charge in [-0.1, -0.05) is 25.4 Å². The number of rotatable bonds is 6. The Morgan fingerprint density at radius 3 is 2.67 bits per heavy atom. The zero-order chi connectivity index (χ0) is 13.7. The Labute approximate surface area is 113 Å². The van der Waals surface area contributed by atoms with Gasteiger partial charge in [-0.25, -0.2) is 4.98 Å². The molecule has 1 heterocycles. The summed E-state index contributed by atoms with van der Waals surface area (Å²) in [6, 6.07) is 0.240. The first-order valence-electron chi connectivity index (χ1n) is 5.89. The van der Waals surface area contributed by atoms with E-state index in [1.165, 1.54) is 13.3 Å². The molecule has 1 rings (SSSR count). The summed E-state index contributed by atoms with van der Waals surface area (Å²) in [7, 11) is 3.36. The van der Waals surface area contributed by atoms with Gasteiger partial charge in [-0.15, -0.1) is 0 Å². The minimum atomic E-state index is -0.0258. The van der Waals surface area contributed by atoms with E-state index in [2.05, 4.69) is 23.8 Å². The fraction of sp³-hybridized carbons (Fsp3) is 0.667. The van der Waals surface area contributed by atoms with Crippen molar-refractivity contribution in [3.8, 4) is 6.01 Å². The minimum Gasteiger partial charge on any atom is -0.467 e. The lowest BCUT2D eigenvalue weighted by atomic mass is 10.0. The topological polar surface area (TPSA) is 58.5 Å². The second kappa shape index (κ2) is 6.75. The highest BCUT2D eigenvalue weighted by atomic mass is 35.5. The molecule has 1 aromatic rings. The van der Waals surface area contributed by atoms with Crippen LogP contribution in [0.5, 0.6) is 6.01 Å². The highest BCUT2D eigenvalue weighted by Gasteiger charge is 2.20. The SMILES string of the molecule is COc1ncc(Cl)c(N(C)C(CO)CC(C)C)n1. The second-order valence-corrected chi connectivity index (χ2v) is 5.01. The van der Waals surface area contributed by atoms with Gasteiger partial charge in [-0.2, -0.15) is 4.98 Å². The number of methoxy groups -OCH3 is 1. The third kappa shape index (κ3) is 3.71. The molecule has 1 aromatic heterocycles. The molecule has 0 radical (unpaired) electrons. The molecule has 0 aliphatic heterocycles. The monoisotopic (exact) mass is 273 g/mol. The van der Waals surface area contributed by atoms with E-state index in [1.54, 1.807) is 0 Å². The maximum absolute atomic E-state index is 9.46. The van der Waals surface area contributed by atoms with Gasteiger partial charge in [-0.05, 0) is 12.3 Å². The fourth-order valence-corrected chi connectivity index (χ4v) is 1.98. The van der Waals surface area contributed by atoms with Crippen molar-refractivity contribution in [1.82, 2.24) is 9.97 Å². The van der Waals surface area contributed by atoms with Gasteiger partial charge in [0.15, 0.2) is 5.82 Å². The van der Waals surface area contributed by atoms with Crippen LogP contribution in [0.1, 0.15) is 20.3 Å². The van der Waals surface area contributed by atoms with Crippen LogP contribution in [0.3, 0.4) is 0 Å². The Morgan fingerprint density at radius 2 is 2.17 bits per heavy atom. The highest BCUT2D eigenvalue weighted by molar-refractivity contribution is 6.32. The van der Waals surface area contributed by atoms with Gasteiger partial charge in [-0.3, -0.25) is 0 Å². The summed E-state index contributed by atoms with van der Waals surface area (Å²) in [5.41, 5.74) is 0. The van der Waals surface area contributed by atoms with E-state index in [-0.39, 0.29) is 18.7 Å². The van der Waals surface area contributed by atoms with Crippen molar-refractivity contribution in [3.63, 3.8) is 0 Å². The number of likely N-dealkylation sites (N-methyl/N-ethyl adjacent to an activating group) is 1. The number of hydrogen-bond acceptors (Lipinski definition) is 5. The van der Waals surface area contributed by atoms with Crippen molar-refractivity contribution in [2.45, 2.75) is 26.3 Å². The Kier molecular flexibility index (Phi) is 5.62. The Bertz CT molecular complexity index is 388. The lowest BCUT2D eigenvalue weighted by Crippen LogP contribution is -2.36. The molecule has 102 valence electrons. The van der Waals surface area contributed by atoms with Crippen LogP contribution in [0.2, 0.25) is 5.02 Å². The van der Waals surface area contributed by atoms with Gasteiger partial charge < -0.3 is 14.7 Å². The van der Waals surface area contributed by atoms with Crippen LogP contribution < -0.4 is 9.64 Å². The quantitative estimate of drug-likeness (QED) is 0.859. The Balaban J connectivity index is 2.96. The maximum Gasteiger partial charge on any atom is 0.318 e. The number of halogens is 1. The molecule has 18 heavy (non-hydrogen) atoms. The van der Waals surface area contributed by atoms with Crippen molar-refractivity contribution in [2.24, 2.45) is 5.92 Å². The molecule has 0 aliphatic carbocycles. The molecule has 0 spiro atoms. The molecule has 0 aromatic carbocycles. The summed E-state index contributed by atoms with van der Waals surface area (Å²) in [6.45, 7) is 4.27. The molecular weight excluding hydrogens is 254 g/mol. The van der Waals surface area contributed by atoms with E-state index < -0.39 is 0 Å². The standard InChI is InChI=1S/C12H20ClN3O2/c1-8(2)5-9(7-17)16(3)11-10(13)6-14-12(15-11)18-4/h6,8-9,17H,5,7H2,1-4H3. The molecule has 0 fully saturated rings. The van der Waals surface area contributed by atoms with Crippen molar-refractivity contribution < 1.29 is 9.84 Å². The third-order valence-electron chi connectivity index (χ3n) is 2.72. The molecule has 0 amide bonds. The van der Waals surface area contributed by atoms with E-state index in [4.69, 9.17) is 16.3 Å². The number of aromatic nitrogens is 2. The molecule has 1 N–H and O–H groups in total. The fourth-order valence-electron chi connectivity index (χ4n) is 1.76. The molecule has 1 unspecified atom stereocenters. The largest absolute Gasteiger partial charge is 0.467 e. The van der Waals surface area contributed by atoms with E-state index >= 15 is 0 Å². The number of nitrogens with zero attached hydrogens (tertiary/aromatic N) is 3. The molecular formula is C12H20ClN3O2. The van der Waals surface area contributed by atoms with Crippen molar-refractivity contribution in [2.75, 3.05) is 25.7 Å². The summed E-state index contributed by atoms with van der Waals surface area (Å²) < 4.78 is 4.98. The molecule has 0 saturated heterocycles. The number of aliphatic hydroxyl groups is 1. The van der Waals surface area contributed by atoms with Gasteiger partial charge in [0.25, 0.3) is 0 Å². The molecule has 5 nitrogen and oxygen atoms in total. The lowest BCUT2D eigenvalue weighted by molar-refractivity contribution is 0.245. The van der Waals surface area contributed by atoms with Gasteiger partial charge in [0.2, 0.25) is 0 Å². The molecule has 6 heteroatoms. The third-order valence-corrected chi connectivity index (χ3v) is 2.99. The van der Waals surface area contributed by atoms with Crippen LogP contribution in [0.25, 0.3) is 0 Å². The number of anilines is 1. The normalized spacial score (nSPS) is 12.6. The predicted octanol–water partition coefficient (Wildman–Crippen LogP) is 1.98. The van der Waals surface area contributed by atoms with Gasteiger partial charge in [0.1, 0.15) is 5.02 Å². The van der Waals surface area contributed by atoms with E-state index in [0.29, 0.717) is 16.8 Å². The summed E-state index contributed by atoms with van der Waals surface area (Å²) in [6.07, 6.45) is 2.36. The highest BCUT2D eigenvalue weighted by Crippen LogP contribution is 2.26. The summed E-state index contributed by atoms with van der Waals surface area (Å²) >= 11 is 6.08. The predicted molar refractivity (Wildman–Crippen MR) is 72.3 cm³/mol. The molecule has 1 atom stereocenters. The maximum atomic E-state index is 9.46. The van der Waals surface area contributed by atoms with Crippen LogP contribution >= 0.6 is 11.6 Å². The van der Waals surface area contributed by atoms with Crippen LogP contribution in [0.15, 0.2) is 6.20 Å². The average molecular weight is 274 g/mol. The lowest BCUT2D eigenvalue weighted by Gasteiger charge is -2.29. The number of hydrogen-bond donors (Lipinski definition) is 1. The first-order chi connectivity index (χ1) is 8.49. The Morgan fingerprint density at radius 1 is 1.50 bits per heavy atom. The van der Waals surface area contributed by atoms with Gasteiger partial charge in [0.05, 0.1) is 26.0 Å². The van der Waals surface area contributed by atoms with Crippen molar-refractivity contribution >= 4 is 17.4 Å². The first kappa shape index (κ1) is 15.0. The second-order valence-electron chi connectivity index (χ2n) is 4.61. The summed E-state index contributed by atoms with van der Waals surface area (Å²) in [5.74, 6) is 1.05. The van der Waals surface area contributed by atoms with Crippen LogP contribution in [-0.2, 0) is 0 Å². The van der Waals surface area contributed by atoms with Crippen LogP contribution in [0.4, 0.5) is 5.82 Å². The van der Waals surface area contributed by atoms with E-state index in [9.17, 15) is 5.11 Å². The van der Waals surface area contributed by atoms with Gasteiger partial charge >= 0.3 is 6.01 Å². The van der Waals surface area contributed by atoms with E-state index in [0.717, 1.165) is 6.42 Å². The van der Waals surface area contributed by atoms with E-state index in [1.807, 2.05) is 11.9 Å². The average Bonchev–Trinajstić information content (AvgIpc) is 2.35. The smallest absolute Gasteiger partial charge is 0.318 e. The van der Waals surface area contributed by atoms with Crippen LogP contribution in [-0.4, -0.2) is 41.9 Å². The molecule has 0 aliphatic rings. The summed E-state index contributed by atoms with van der Waals surface area (Å²) in [5, 5.41) is 9.91. The minimum absolute atomic E-state index is 0.0258. The zero-order valence-corrected chi connectivity index (χ0v) is 12.0. The molecule has 0 bridgehead atoms. The number of aliphatic hydroxyl groups excluding tert-OH is 1. The Hall–Kier alpha value is -1.07.